The van der Waals surface area contributed by atoms with Crippen molar-refractivity contribution in [1.29, 1.82) is 0 Å². The summed E-state index contributed by atoms with van der Waals surface area (Å²) in [5, 5.41) is 13.0. The number of aliphatic hydroxyl groups is 1. The van der Waals surface area contributed by atoms with Crippen molar-refractivity contribution in [2.45, 2.75) is 51.6 Å². The Balaban J connectivity index is 1.57. The summed E-state index contributed by atoms with van der Waals surface area (Å²) in [6.45, 7) is 4.90. The lowest BCUT2D eigenvalue weighted by Gasteiger charge is -2.24. The van der Waals surface area contributed by atoms with Crippen LogP contribution >= 0.6 is 0 Å². The second-order valence-electron chi connectivity index (χ2n) is 8.01. The van der Waals surface area contributed by atoms with Crippen LogP contribution < -0.4 is 10.1 Å². The summed E-state index contributed by atoms with van der Waals surface area (Å²) < 4.78 is 5.83. The Bertz CT molecular complexity index is 929. The van der Waals surface area contributed by atoms with Gasteiger partial charge in [-0.2, -0.15) is 0 Å². The fourth-order valence-corrected chi connectivity index (χ4v) is 4.05. The Labute approximate surface area is 166 Å². The normalized spacial score (nSPS) is 19.7. The Hall–Kier alpha value is -2.59. The van der Waals surface area contributed by atoms with E-state index >= 15 is 0 Å². The van der Waals surface area contributed by atoms with E-state index in [1.807, 2.05) is 12.1 Å². The molecule has 2 aliphatic rings. The molecule has 0 fully saturated rings. The van der Waals surface area contributed by atoms with Crippen LogP contribution in [0.5, 0.6) is 5.75 Å². The van der Waals surface area contributed by atoms with Gasteiger partial charge < -0.3 is 15.2 Å². The molecule has 1 heterocycles. The van der Waals surface area contributed by atoms with Gasteiger partial charge in [0, 0.05) is 30.2 Å². The van der Waals surface area contributed by atoms with Crippen molar-refractivity contribution in [3.05, 3.63) is 64.7 Å². The maximum absolute atomic E-state index is 12.7. The zero-order valence-corrected chi connectivity index (χ0v) is 16.5. The standard InChI is InChI=1S/C24H27NO3/c1-15(2)17-7-9-20-18(10-11-28-23(20)12-17)13-24(27)25-22-5-3-4-16-6-8-19(26)14-21(16)22/h3-5,7,9,12-13,15,19,26H,6,8,10-11,14H2,1-2H3,(H,25,27). The predicted octanol–water partition coefficient (Wildman–Crippen LogP) is 4.46. The highest BCUT2D eigenvalue weighted by atomic mass is 16.5. The number of anilines is 1. The van der Waals surface area contributed by atoms with E-state index in [2.05, 4.69) is 43.4 Å². The Kier molecular flexibility index (Phi) is 5.23. The minimum atomic E-state index is -0.332. The number of hydrogen-bond donors (Lipinski definition) is 2. The number of ether oxygens (including phenoxy) is 1. The maximum Gasteiger partial charge on any atom is 0.248 e. The first-order valence-corrected chi connectivity index (χ1v) is 10.1. The summed E-state index contributed by atoms with van der Waals surface area (Å²) in [5.41, 5.74) is 6.31. The number of fused-ring (bicyclic) bond motifs is 2. The molecular formula is C24H27NO3. The number of benzene rings is 2. The molecular weight excluding hydrogens is 350 g/mol. The molecule has 2 aromatic rings. The third kappa shape index (κ3) is 3.83. The molecule has 0 spiro atoms. The van der Waals surface area contributed by atoms with Gasteiger partial charge >= 0.3 is 0 Å². The van der Waals surface area contributed by atoms with Crippen LogP contribution in [0.15, 0.2) is 42.5 Å². The van der Waals surface area contributed by atoms with Crippen LogP contribution in [0.2, 0.25) is 0 Å². The second kappa shape index (κ2) is 7.80. The topological polar surface area (TPSA) is 58.6 Å². The number of aryl methyl sites for hydroxylation is 1. The molecule has 1 aliphatic heterocycles. The Morgan fingerprint density at radius 3 is 2.93 bits per heavy atom. The van der Waals surface area contributed by atoms with Gasteiger partial charge in [0.05, 0.1) is 12.7 Å². The van der Waals surface area contributed by atoms with Crippen molar-refractivity contribution in [3.63, 3.8) is 0 Å². The van der Waals surface area contributed by atoms with Crippen LogP contribution in [-0.4, -0.2) is 23.7 Å². The number of rotatable bonds is 3. The summed E-state index contributed by atoms with van der Waals surface area (Å²) in [5.74, 6) is 1.16. The van der Waals surface area contributed by atoms with Crippen molar-refractivity contribution < 1.29 is 14.6 Å². The molecule has 146 valence electrons. The fourth-order valence-electron chi connectivity index (χ4n) is 4.05. The molecule has 2 N–H and O–H groups in total. The number of aliphatic hydroxyl groups excluding tert-OH is 1. The van der Waals surface area contributed by atoms with Gasteiger partial charge in [0.2, 0.25) is 5.91 Å². The lowest BCUT2D eigenvalue weighted by atomic mass is 9.88. The van der Waals surface area contributed by atoms with E-state index in [0.717, 1.165) is 41.0 Å². The third-order valence-corrected chi connectivity index (χ3v) is 5.67. The molecule has 4 nitrogen and oxygen atoms in total. The van der Waals surface area contributed by atoms with E-state index in [1.165, 1.54) is 11.1 Å². The fraction of sp³-hybridized carbons (Fsp3) is 0.375. The first kappa shape index (κ1) is 18.8. The molecule has 0 saturated carbocycles. The minimum Gasteiger partial charge on any atom is -0.493 e. The third-order valence-electron chi connectivity index (χ3n) is 5.67. The molecule has 1 atom stereocenters. The van der Waals surface area contributed by atoms with Crippen molar-refractivity contribution in [2.75, 3.05) is 11.9 Å². The zero-order valence-electron chi connectivity index (χ0n) is 16.5. The van der Waals surface area contributed by atoms with Crippen molar-refractivity contribution in [3.8, 4) is 5.75 Å². The Morgan fingerprint density at radius 1 is 1.25 bits per heavy atom. The number of hydrogen-bond acceptors (Lipinski definition) is 3. The highest BCUT2D eigenvalue weighted by molar-refractivity contribution is 6.05. The summed E-state index contributed by atoms with van der Waals surface area (Å²) in [7, 11) is 0. The van der Waals surface area contributed by atoms with Crippen molar-refractivity contribution >= 4 is 17.2 Å². The molecule has 2 aromatic carbocycles. The average molecular weight is 377 g/mol. The smallest absolute Gasteiger partial charge is 0.248 e. The first-order valence-electron chi connectivity index (χ1n) is 10.1. The van der Waals surface area contributed by atoms with Crippen molar-refractivity contribution in [1.82, 2.24) is 0 Å². The molecule has 4 rings (SSSR count). The first-order chi connectivity index (χ1) is 13.5. The van der Waals surface area contributed by atoms with Gasteiger partial charge in [-0.1, -0.05) is 38.1 Å². The van der Waals surface area contributed by atoms with Crippen LogP contribution in [0.1, 0.15) is 54.9 Å². The van der Waals surface area contributed by atoms with Gasteiger partial charge in [0.25, 0.3) is 0 Å². The van der Waals surface area contributed by atoms with Gasteiger partial charge in [-0.25, -0.2) is 0 Å². The minimum absolute atomic E-state index is 0.135. The average Bonchev–Trinajstić information content (AvgIpc) is 2.68. The number of nitrogens with one attached hydrogen (secondary N) is 1. The van der Waals surface area contributed by atoms with E-state index in [9.17, 15) is 9.90 Å². The molecule has 0 radical (unpaired) electrons. The van der Waals surface area contributed by atoms with E-state index in [1.54, 1.807) is 6.08 Å². The molecule has 1 unspecified atom stereocenters. The van der Waals surface area contributed by atoms with Crippen LogP contribution in [0, 0.1) is 0 Å². The molecule has 0 bridgehead atoms. The van der Waals surface area contributed by atoms with E-state index in [4.69, 9.17) is 4.74 Å². The lowest BCUT2D eigenvalue weighted by molar-refractivity contribution is -0.111. The van der Waals surface area contributed by atoms with Gasteiger partial charge in [-0.15, -0.1) is 0 Å². The zero-order chi connectivity index (χ0) is 19.7. The molecule has 4 heteroatoms. The molecule has 28 heavy (non-hydrogen) atoms. The van der Waals surface area contributed by atoms with E-state index < -0.39 is 0 Å². The summed E-state index contributed by atoms with van der Waals surface area (Å²) >= 11 is 0. The second-order valence-corrected chi connectivity index (χ2v) is 8.01. The highest BCUT2D eigenvalue weighted by Gasteiger charge is 2.21. The summed E-state index contributed by atoms with van der Waals surface area (Å²) in [6.07, 6.45) is 4.30. The maximum atomic E-state index is 12.7. The van der Waals surface area contributed by atoms with Crippen LogP contribution in [0.4, 0.5) is 5.69 Å². The summed E-state index contributed by atoms with van der Waals surface area (Å²) in [4.78, 5) is 12.7. The molecule has 0 aromatic heterocycles. The monoisotopic (exact) mass is 377 g/mol. The number of amides is 1. The number of carbonyl (C=O) groups is 1. The quantitative estimate of drug-likeness (QED) is 0.776. The highest BCUT2D eigenvalue weighted by Crippen LogP contribution is 2.35. The van der Waals surface area contributed by atoms with Gasteiger partial charge in [0.1, 0.15) is 5.75 Å². The molecule has 1 amide bonds. The predicted molar refractivity (Wildman–Crippen MR) is 112 cm³/mol. The largest absolute Gasteiger partial charge is 0.493 e. The van der Waals surface area contributed by atoms with E-state index in [-0.39, 0.29) is 12.0 Å². The number of carbonyl (C=O) groups excluding carboxylic acids is 1. The molecule has 1 aliphatic carbocycles. The SMILES string of the molecule is CC(C)c1ccc2c(c1)OCCC2=CC(=O)Nc1cccc2c1CC(O)CC2. The molecule has 0 saturated heterocycles. The van der Waals surface area contributed by atoms with Gasteiger partial charge in [-0.05, 0) is 53.2 Å². The van der Waals surface area contributed by atoms with Crippen LogP contribution in [-0.2, 0) is 17.6 Å². The van der Waals surface area contributed by atoms with Crippen molar-refractivity contribution in [2.24, 2.45) is 0 Å². The van der Waals surface area contributed by atoms with Gasteiger partial charge in [0.15, 0.2) is 0 Å². The summed E-state index contributed by atoms with van der Waals surface area (Å²) in [6, 6.07) is 12.2. The van der Waals surface area contributed by atoms with Crippen LogP contribution in [0.25, 0.3) is 5.57 Å². The lowest BCUT2D eigenvalue weighted by Crippen LogP contribution is -2.21. The van der Waals surface area contributed by atoms with Crippen LogP contribution in [0.3, 0.4) is 0 Å². The van der Waals surface area contributed by atoms with E-state index in [0.29, 0.717) is 25.4 Å². The Morgan fingerprint density at radius 2 is 2.11 bits per heavy atom. The van der Waals surface area contributed by atoms with Gasteiger partial charge in [-0.3, -0.25) is 4.79 Å².